The summed E-state index contributed by atoms with van der Waals surface area (Å²) in [6.07, 6.45) is -0.253. The molecule has 0 unspecified atom stereocenters. The highest BCUT2D eigenvalue weighted by Gasteiger charge is 2.25. The molecule has 0 spiro atoms. The van der Waals surface area contributed by atoms with Gasteiger partial charge in [-0.1, -0.05) is 24.3 Å². The van der Waals surface area contributed by atoms with Crippen LogP contribution in [0.2, 0.25) is 0 Å². The van der Waals surface area contributed by atoms with Crippen LogP contribution in [0, 0.1) is 5.82 Å². The summed E-state index contributed by atoms with van der Waals surface area (Å²) < 4.78 is 13.0. The van der Waals surface area contributed by atoms with Gasteiger partial charge in [-0.25, -0.2) is 4.39 Å². The van der Waals surface area contributed by atoms with Gasteiger partial charge in [-0.05, 0) is 42.0 Å². The first-order valence-electron chi connectivity index (χ1n) is 7.23. The molecule has 0 radical (unpaired) electrons. The molecule has 3 nitrogen and oxygen atoms in total. The molecule has 1 aliphatic heterocycles. The van der Waals surface area contributed by atoms with Crippen LogP contribution in [0.25, 0.3) is 10.4 Å². The quantitative estimate of drug-likeness (QED) is 0.733. The molecular formula is C18H13FN2OS. The molecule has 0 saturated heterocycles. The first-order valence-corrected chi connectivity index (χ1v) is 8.04. The van der Waals surface area contributed by atoms with E-state index >= 15 is 0 Å². The number of carbonyl (C=O) groups excluding carboxylic acids is 1. The fourth-order valence-electron chi connectivity index (χ4n) is 2.63. The maximum Gasteiger partial charge on any atom is 0.255 e. The minimum absolute atomic E-state index is 0.0823. The normalized spacial score (nSPS) is 16.4. The average molecular weight is 324 g/mol. The molecule has 0 saturated carbocycles. The standard InChI is InChI=1S/C18H13FN2OS/c19-12-7-5-11(6-8-12)15-9-10-16(23-15)17-20-14-4-2-1-3-13(14)18(22)21-17/h1-10,17,20H,(H,21,22)/t17-/m0/s1. The highest BCUT2D eigenvalue weighted by Crippen LogP contribution is 2.34. The molecule has 0 fully saturated rings. The summed E-state index contributed by atoms with van der Waals surface area (Å²) >= 11 is 1.58. The van der Waals surface area contributed by atoms with Gasteiger partial charge in [0.1, 0.15) is 12.0 Å². The number of para-hydroxylation sites is 1. The van der Waals surface area contributed by atoms with E-state index in [1.165, 1.54) is 12.1 Å². The summed E-state index contributed by atoms with van der Waals surface area (Å²) in [4.78, 5) is 14.2. The van der Waals surface area contributed by atoms with Crippen molar-refractivity contribution in [1.82, 2.24) is 5.32 Å². The zero-order chi connectivity index (χ0) is 15.8. The largest absolute Gasteiger partial charge is 0.360 e. The Labute approximate surface area is 136 Å². The third kappa shape index (κ3) is 2.59. The number of rotatable bonds is 2. The van der Waals surface area contributed by atoms with E-state index in [0.29, 0.717) is 5.56 Å². The Morgan fingerprint density at radius 3 is 2.52 bits per heavy atom. The Morgan fingerprint density at radius 2 is 1.70 bits per heavy atom. The van der Waals surface area contributed by atoms with E-state index in [9.17, 15) is 9.18 Å². The summed E-state index contributed by atoms with van der Waals surface area (Å²) in [6.45, 7) is 0. The van der Waals surface area contributed by atoms with Crippen LogP contribution in [0.4, 0.5) is 10.1 Å². The fraction of sp³-hybridized carbons (Fsp3) is 0.0556. The summed E-state index contributed by atoms with van der Waals surface area (Å²) in [5, 5.41) is 6.30. The molecule has 2 heterocycles. The number of halogens is 1. The molecule has 1 aliphatic rings. The number of carbonyl (C=O) groups is 1. The Hall–Kier alpha value is -2.66. The van der Waals surface area contributed by atoms with Gasteiger partial charge in [0.05, 0.1) is 5.56 Å². The number of fused-ring (bicyclic) bond motifs is 1. The summed E-state index contributed by atoms with van der Waals surface area (Å²) in [5.74, 6) is -0.329. The molecule has 4 rings (SSSR count). The lowest BCUT2D eigenvalue weighted by Crippen LogP contribution is -2.37. The number of benzene rings is 2. The van der Waals surface area contributed by atoms with Gasteiger partial charge >= 0.3 is 0 Å². The molecule has 2 N–H and O–H groups in total. The molecule has 1 aromatic heterocycles. The third-order valence-corrected chi connectivity index (χ3v) is 4.99. The number of hydrogen-bond acceptors (Lipinski definition) is 3. The highest BCUT2D eigenvalue weighted by atomic mass is 32.1. The van der Waals surface area contributed by atoms with E-state index in [2.05, 4.69) is 10.6 Å². The van der Waals surface area contributed by atoms with E-state index in [0.717, 1.165) is 21.0 Å². The van der Waals surface area contributed by atoms with Crippen LogP contribution in [0.3, 0.4) is 0 Å². The average Bonchev–Trinajstić information content (AvgIpc) is 3.05. The lowest BCUT2D eigenvalue weighted by atomic mass is 10.1. The molecule has 3 aromatic rings. The zero-order valence-corrected chi connectivity index (χ0v) is 12.9. The summed E-state index contributed by atoms with van der Waals surface area (Å²) in [6, 6.07) is 17.8. The van der Waals surface area contributed by atoms with Gasteiger partial charge in [-0.2, -0.15) is 0 Å². The molecular weight excluding hydrogens is 311 g/mol. The number of thiophene rings is 1. The molecule has 1 atom stereocenters. The topological polar surface area (TPSA) is 41.1 Å². The molecule has 2 aromatic carbocycles. The van der Waals surface area contributed by atoms with Crippen molar-refractivity contribution >= 4 is 22.9 Å². The summed E-state index contributed by atoms with van der Waals surface area (Å²) in [7, 11) is 0. The first kappa shape index (κ1) is 14.0. The smallest absolute Gasteiger partial charge is 0.255 e. The molecule has 0 aliphatic carbocycles. The maximum atomic E-state index is 13.0. The minimum Gasteiger partial charge on any atom is -0.360 e. The van der Waals surface area contributed by atoms with E-state index in [4.69, 9.17) is 0 Å². The first-order chi connectivity index (χ1) is 11.2. The molecule has 1 amide bonds. The number of amides is 1. The zero-order valence-electron chi connectivity index (χ0n) is 12.0. The monoisotopic (exact) mass is 324 g/mol. The van der Waals surface area contributed by atoms with E-state index < -0.39 is 0 Å². The van der Waals surface area contributed by atoms with E-state index in [-0.39, 0.29) is 17.9 Å². The number of anilines is 1. The van der Waals surface area contributed by atoms with Gasteiger partial charge in [0.15, 0.2) is 0 Å². The SMILES string of the molecule is O=C1N[C@@H](c2ccc(-c3ccc(F)cc3)s2)Nc2ccccc21. The molecule has 5 heteroatoms. The van der Waals surface area contributed by atoms with Crippen LogP contribution in [-0.2, 0) is 0 Å². The predicted molar refractivity (Wildman–Crippen MR) is 90.0 cm³/mol. The van der Waals surface area contributed by atoms with Crippen LogP contribution in [0.1, 0.15) is 21.4 Å². The molecule has 0 bridgehead atoms. The van der Waals surface area contributed by atoms with Gasteiger partial charge in [0.2, 0.25) is 0 Å². The Kier molecular flexibility index (Phi) is 3.35. The van der Waals surface area contributed by atoms with Crippen LogP contribution in [-0.4, -0.2) is 5.91 Å². The van der Waals surface area contributed by atoms with Crippen LogP contribution < -0.4 is 10.6 Å². The minimum atomic E-state index is -0.253. The third-order valence-electron chi connectivity index (χ3n) is 3.79. The van der Waals surface area contributed by atoms with Crippen LogP contribution in [0.5, 0.6) is 0 Å². The van der Waals surface area contributed by atoms with Crippen molar-refractivity contribution in [3.05, 3.63) is 76.9 Å². The lowest BCUT2D eigenvalue weighted by Gasteiger charge is -2.26. The van der Waals surface area contributed by atoms with Crippen molar-refractivity contribution in [2.45, 2.75) is 6.17 Å². The van der Waals surface area contributed by atoms with Gasteiger partial charge in [-0.3, -0.25) is 4.79 Å². The summed E-state index contributed by atoms with van der Waals surface area (Å²) in [5.41, 5.74) is 2.45. The molecule has 23 heavy (non-hydrogen) atoms. The number of nitrogens with one attached hydrogen (secondary N) is 2. The van der Waals surface area contributed by atoms with Crippen LogP contribution >= 0.6 is 11.3 Å². The maximum absolute atomic E-state index is 13.0. The number of hydrogen-bond donors (Lipinski definition) is 2. The van der Waals surface area contributed by atoms with Gasteiger partial charge in [0.25, 0.3) is 5.91 Å². The second kappa shape index (κ2) is 5.52. The van der Waals surface area contributed by atoms with Gasteiger partial charge in [0, 0.05) is 15.4 Å². The van der Waals surface area contributed by atoms with E-state index in [1.54, 1.807) is 29.5 Å². The second-order valence-corrected chi connectivity index (χ2v) is 6.42. The van der Waals surface area contributed by atoms with E-state index in [1.807, 2.05) is 30.3 Å². The Bertz CT molecular complexity index is 873. The van der Waals surface area contributed by atoms with Crippen molar-refractivity contribution < 1.29 is 9.18 Å². The van der Waals surface area contributed by atoms with Crippen molar-refractivity contribution in [1.29, 1.82) is 0 Å². The Balaban J connectivity index is 1.63. The van der Waals surface area contributed by atoms with Crippen molar-refractivity contribution in [3.8, 4) is 10.4 Å². The fourth-order valence-corrected chi connectivity index (χ4v) is 3.64. The van der Waals surface area contributed by atoms with Crippen molar-refractivity contribution in [2.75, 3.05) is 5.32 Å². The Morgan fingerprint density at radius 1 is 0.913 bits per heavy atom. The van der Waals surface area contributed by atoms with Gasteiger partial charge in [-0.15, -0.1) is 11.3 Å². The van der Waals surface area contributed by atoms with Crippen molar-refractivity contribution in [2.24, 2.45) is 0 Å². The second-order valence-electron chi connectivity index (χ2n) is 5.31. The predicted octanol–water partition coefficient (Wildman–Crippen LogP) is 4.41. The lowest BCUT2D eigenvalue weighted by molar-refractivity contribution is 0.0936. The highest BCUT2D eigenvalue weighted by molar-refractivity contribution is 7.15. The van der Waals surface area contributed by atoms with Crippen molar-refractivity contribution in [3.63, 3.8) is 0 Å². The van der Waals surface area contributed by atoms with Crippen LogP contribution in [0.15, 0.2) is 60.7 Å². The molecule has 114 valence electrons. The van der Waals surface area contributed by atoms with Gasteiger partial charge < -0.3 is 10.6 Å².